The van der Waals surface area contributed by atoms with Gasteiger partial charge in [-0.2, -0.15) is 0 Å². The molecule has 1 aromatic heterocycles. The number of nitrogens with one attached hydrogen (secondary N) is 1. The Labute approximate surface area is 106 Å². The van der Waals surface area contributed by atoms with Crippen molar-refractivity contribution in [3.05, 3.63) is 30.3 Å². The molecule has 0 radical (unpaired) electrons. The molecule has 2 unspecified atom stereocenters. The molecule has 3 N–H and O–H groups in total. The van der Waals surface area contributed by atoms with Crippen molar-refractivity contribution >= 4 is 22.4 Å². The minimum atomic E-state index is 0.244. The number of nitrogen functional groups attached to an aromatic ring is 1. The van der Waals surface area contributed by atoms with Crippen LogP contribution in [0.25, 0.3) is 10.9 Å². The van der Waals surface area contributed by atoms with Crippen LogP contribution in [0.3, 0.4) is 0 Å². The molecule has 4 heteroatoms. The van der Waals surface area contributed by atoms with Crippen molar-refractivity contribution in [2.24, 2.45) is 0 Å². The average Bonchev–Trinajstić information content (AvgIpc) is 2.75. The van der Waals surface area contributed by atoms with Crippen molar-refractivity contribution in [2.45, 2.75) is 25.5 Å². The summed E-state index contributed by atoms with van der Waals surface area (Å²) in [6.45, 7) is 2.91. The van der Waals surface area contributed by atoms with Gasteiger partial charge in [-0.15, -0.1) is 0 Å². The number of aromatic nitrogens is 1. The monoisotopic (exact) mass is 243 g/mol. The molecule has 2 heterocycles. The fraction of sp³-hybridized carbons (Fsp3) is 0.357. The van der Waals surface area contributed by atoms with Gasteiger partial charge in [0.15, 0.2) is 0 Å². The van der Waals surface area contributed by atoms with Crippen LogP contribution < -0.4 is 11.1 Å². The third-order valence-corrected chi connectivity index (χ3v) is 3.42. The standard InChI is InChI=1S/C14H17N3O/c1-9-12(6-7-18-9)16-14-5-2-10-8-11(15)3-4-13(10)17-14/h2-5,8-9,12H,6-7,15H2,1H3,(H,16,17). The molecule has 2 aromatic rings. The number of anilines is 2. The first-order valence-corrected chi connectivity index (χ1v) is 6.27. The number of nitrogens with zero attached hydrogens (tertiary/aromatic N) is 1. The predicted octanol–water partition coefficient (Wildman–Crippen LogP) is 2.41. The quantitative estimate of drug-likeness (QED) is 0.795. The molecule has 1 aromatic carbocycles. The van der Waals surface area contributed by atoms with Crippen LogP contribution in [0.1, 0.15) is 13.3 Å². The van der Waals surface area contributed by atoms with Crippen LogP contribution in [0.2, 0.25) is 0 Å². The second-order valence-corrected chi connectivity index (χ2v) is 4.76. The summed E-state index contributed by atoms with van der Waals surface area (Å²) in [6.07, 6.45) is 1.27. The largest absolute Gasteiger partial charge is 0.399 e. The van der Waals surface area contributed by atoms with Crippen molar-refractivity contribution in [1.29, 1.82) is 0 Å². The maximum absolute atomic E-state index is 5.75. The minimum absolute atomic E-state index is 0.244. The Morgan fingerprint density at radius 3 is 3.00 bits per heavy atom. The zero-order valence-corrected chi connectivity index (χ0v) is 10.4. The van der Waals surface area contributed by atoms with E-state index in [1.165, 1.54) is 0 Å². The van der Waals surface area contributed by atoms with Crippen LogP contribution in [0.15, 0.2) is 30.3 Å². The van der Waals surface area contributed by atoms with Gasteiger partial charge >= 0.3 is 0 Å². The number of benzene rings is 1. The summed E-state index contributed by atoms with van der Waals surface area (Å²) in [4.78, 5) is 4.59. The van der Waals surface area contributed by atoms with Crippen LogP contribution in [0, 0.1) is 0 Å². The van der Waals surface area contributed by atoms with E-state index < -0.39 is 0 Å². The summed E-state index contributed by atoms with van der Waals surface area (Å²) >= 11 is 0. The molecule has 18 heavy (non-hydrogen) atoms. The molecule has 0 saturated carbocycles. The highest BCUT2D eigenvalue weighted by Crippen LogP contribution is 2.21. The second-order valence-electron chi connectivity index (χ2n) is 4.76. The lowest BCUT2D eigenvalue weighted by molar-refractivity contribution is 0.121. The molecule has 1 fully saturated rings. The second kappa shape index (κ2) is 4.46. The average molecular weight is 243 g/mol. The van der Waals surface area contributed by atoms with Crippen LogP contribution in [0.5, 0.6) is 0 Å². The van der Waals surface area contributed by atoms with Gasteiger partial charge < -0.3 is 15.8 Å². The number of hydrogen-bond donors (Lipinski definition) is 2. The van der Waals surface area contributed by atoms with E-state index in [9.17, 15) is 0 Å². The smallest absolute Gasteiger partial charge is 0.126 e. The summed E-state index contributed by atoms with van der Waals surface area (Å²) in [5, 5.41) is 4.50. The Hall–Kier alpha value is -1.81. The summed E-state index contributed by atoms with van der Waals surface area (Å²) < 4.78 is 5.53. The SMILES string of the molecule is CC1OCCC1Nc1ccc2cc(N)ccc2n1. The van der Waals surface area contributed by atoms with E-state index in [1.54, 1.807) is 0 Å². The first-order chi connectivity index (χ1) is 8.72. The fourth-order valence-electron chi connectivity index (χ4n) is 2.34. The molecule has 0 spiro atoms. The Morgan fingerprint density at radius 2 is 2.22 bits per heavy atom. The van der Waals surface area contributed by atoms with Gasteiger partial charge in [-0.3, -0.25) is 0 Å². The van der Waals surface area contributed by atoms with Crippen LogP contribution in [-0.4, -0.2) is 23.7 Å². The van der Waals surface area contributed by atoms with E-state index in [-0.39, 0.29) is 6.10 Å². The van der Waals surface area contributed by atoms with Crippen LogP contribution >= 0.6 is 0 Å². The zero-order chi connectivity index (χ0) is 12.5. The number of pyridine rings is 1. The number of rotatable bonds is 2. The maximum Gasteiger partial charge on any atom is 0.126 e. The number of ether oxygens (including phenoxy) is 1. The molecule has 1 aliphatic rings. The van der Waals surface area contributed by atoms with Gasteiger partial charge in [-0.1, -0.05) is 0 Å². The third-order valence-electron chi connectivity index (χ3n) is 3.42. The minimum Gasteiger partial charge on any atom is -0.399 e. The summed E-state index contributed by atoms with van der Waals surface area (Å²) in [7, 11) is 0. The van der Waals surface area contributed by atoms with Gasteiger partial charge in [0.05, 0.1) is 17.7 Å². The molecule has 0 bridgehead atoms. The number of nitrogens with two attached hydrogens (primary N) is 1. The highest BCUT2D eigenvalue weighted by molar-refractivity contribution is 5.83. The highest BCUT2D eigenvalue weighted by Gasteiger charge is 2.24. The first kappa shape index (κ1) is 11.3. The summed E-state index contributed by atoms with van der Waals surface area (Å²) in [5.41, 5.74) is 7.48. The van der Waals surface area contributed by atoms with E-state index in [0.717, 1.165) is 35.4 Å². The predicted molar refractivity (Wildman–Crippen MR) is 73.6 cm³/mol. The van der Waals surface area contributed by atoms with Gasteiger partial charge in [-0.05, 0) is 43.7 Å². The normalized spacial score (nSPS) is 23.4. The Morgan fingerprint density at radius 1 is 1.33 bits per heavy atom. The molecule has 2 atom stereocenters. The molecular formula is C14H17N3O. The molecule has 0 aliphatic carbocycles. The van der Waals surface area contributed by atoms with Gasteiger partial charge in [-0.25, -0.2) is 4.98 Å². The van der Waals surface area contributed by atoms with Gasteiger partial charge in [0.25, 0.3) is 0 Å². The van der Waals surface area contributed by atoms with Crippen LogP contribution in [0.4, 0.5) is 11.5 Å². The molecule has 0 amide bonds. The number of hydrogen-bond acceptors (Lipinski definition) is 4. The zero-order valence-electron chi connectivity index (χ0n) is 10.4. The van der Waals surface area contributed by atoms with E-state index in [4.69, 9.17) is 10.5 Å². The van der Waals surface area contributed by atoms with Crippen molar-refractivity contribution in [3.63, 3.8) is 0 Å². The fourth-order valence-corrected chi connectivity index (χ4v) is 2.34. The third kappa shape index (κ3) is 2.11. The Bertz CT molecular complexity index is 570. The number of fused-ring (bicyclic) bond motifs is 1. The van der Waals surface area contributed by atoms with Crippen molar-refractivity contribution in [3.8, 4) is 0 Å². The summed E-state index contributed by atoms with van der Waals surface area (Å²) in [5.74, 6) is 0.898. The van der Waals surface area contributed by atoms with E-state index in [0.29, 0.717) is 6.04 Å². The maximum atomic E-state index is 5.75. The summed E-state index contributed by atoms with van der Waals surface area (Å²) in [6, 6.07) is 10.1. The lowest BCUT2D eigenvalue weighted by atomic mass is 10.1. The lowest BCUT2D eigenvalue weighted by Crippen LogP contribution is -2.27. The van der Waals surface area contributed by atoms with Crippen LogP contribution in [-0.2, 0) is 4.74 Å². The van der Waals surface area contributed by atoms with E-state index >= 15 is 0 Å². The Balaban J connectivity index is 1.86. The molecule has 3 rings (SSSR count). The van der Waals surface area contributed by atoms with Gasteiger partial charge in [0, 0.05) is 17.7 Å². The van der Waals surface area contributed by atoms with Crippen molar-refractivity contribution in [1.82, 2.24) is 4.98 Å². The van der Waals surface area contributed by atoms with Gasteiger partial charge in [0.1, 0.15) is 5.82 Å². The molecule has 1 aliphatic heterocycles. The lowest BCUT2D eigenvalue weighted by Gasteiger charge is -2.16. The highest BCUT2D eigenvalue weighted by atomic mass is 16.5. The molecule has 1 saturated heterocycles. The van der Waals surface area contributed by atoms with Crippen molar-refractivity contribution in [2.75, 3.05) is 17.7 Å². The van der Waals surface area contributed by atoms with Gasteiger partial charge in [0.2, 0.25) is 0 Å². The first-order valence-electron chi connectivity index (χ1n) is 6.27. The molecular weight excluding hydrogens is 226 g/mol. The molecule has 94 valence electrons. The van der Waals surface area contributed by atoms with E-state index in [1.807, 2.05) is 30.3 Å². The Kier molecular flexibility index (Phi) is 2.80. The van der Waals surface area contributed by atoms with E-state index in [2.05, 4.69) is 17.2 Å². The topological polar surface area (TPSA) is 60.2 Å². The molecule has 4 nitrogen and oxygen atoms in total. The van der Waals surface area contributed by atoms with Crippen molar-refractivity contribution < 1.29 is 4.74 Å².